The Labute approximate surface area is 152 Å². The smallest absolute Gasteiger partial charge is 0.146 e. The summed E-state index contributed by atoms with van der Waals surface area (Å²) in [6.07, 6.45) is 1.27. The molecule has 0 saturated carbocycles. The zero-order valence-corrected chi connectivity index (χ0v) is 15.4. The first-order valence-electron chi connectivity index (χ1n) is 8.46. The van der Waals surface area contributed by atoms with Gasteiger partial charge in [-0.1, -0.05) is 50.8 Å². The monoisotopic (exact) mass is 357 g/mol. The van der Waals surface area contributed by atoms with E-state index in [4.69, 9.17) is 0 Å². The van der Waals surface area contributed by atoms with Gasteiger partial charge in [0.1, 0.15) is 17.5 Å². The van der Waals surface area contributed by atoms with Crippen molar-refractivity contribution >= 4 is 11.3 Å². The fourth-order valence-corrected chi connectivity index (χ4v) is 2.82. The van der Waals surface area contributed by atoms with Crippen molar-refractivity contribution in [2.45, 2.75) is 20.8 Å². The van der Waals surface area contributed by atoms with Crippen molar-refractivity contribution in [1.82, 2.24) is 4.90 Å². The molecule has 0 atom stereocenters. The van der Waals surface area contributed by atoms with Crippen molar-refractivity contribution in [2.24, 2.45) is 0 Å². The molecule has 2 aromatic rings. The zero-order chi connectivity index (χ0) is 19.4. The third-order valence-corrected chi connectivity index (χ3v) is 4.05. The molecule has 2 aromatic carbocycles. The fraction of sp³-hybridized carbons (Fsp3) is 0.182. The highest BCUT2D eigenvalue weighted by Gasteiger charge is 2.28. The summed E-state index contributed by atoms with van der Waals surface area (Å²) in [7, 11) is 1.55. The van der Waals surface area contributed by atoms with Crippen LogP contribution in [0.1, 0.15) is 30.5 Å². The predicted octanol–water partition coefficient (Wildman–Crippen LogP) is 6.48. The van der Waals surface area contributed by atoms with Crippen LogP contribution in [0.25, 0.3) is 11.3 Å². The van der Waals surface area contributed by atoms with Crippen molar-refractivity contribution in [3.8, 4) is 0 Å². The number of aryl methyl sites for hydroxylation is 1. The Morgan fingerprint density at radius 3 is 2.00 bits per heavy atom. The van der Waals surface area contributed by atoms with E-state index in [9.17, 15) is 13.2 Å². The van der Waals surface area contributed by atoms with Crippen molar-refractivity contribution in [2.75, 3.05) is 7.05 Å². The lowest BCUT2D eigenvalue weighted by molar-refractivity contribution is 0.513. The maximum atomic E-state index is 14.5. The van der Waals surface area contributed by atoms with Crippen molar-refractivity contribution < 1.29 is 13.2 Å². The molecule has 1 heterocycles. The van der Waals surface area contributed by atoms with Gasteiger partial charge in [0.25, 0.3) is 0 Å². The Balaban J connectivity index is 0.00000117. The van der Waals surface area contributed by atoms with E-state index in [0.29, 0.717) is 16.7 Å². The Kier molecular flexibility index (Phi) is 6.09. The topological polar surface area (TPSA) is 3.24 Å². The minimum absolute atomic E-state index is 0.0593. The molecule has 0 radical (unpaired) electrons. The second-order valence-corrected chi connectivity index (χ2v) is 5.73. The van der Waals surface area contributed by atoms with Crippen molar-refractivity contribution in [1.29, 1.82) is 0 Å². The molecule has 0 unspecified atom stereocenters. The van der Waals surface area contributed by atoms with Crippen LogP contribution in [0.4, 0.5) is 13.2 Å². The van der Waals surface area contributed by atoms with E-state index >= 15 is 0 Å². The van der Waals surface area contributed by atoms with Gasteiger partial charge in [-0.25, -0.2) is 13.2 Å². The Morgan fingerprint density at radius 2 is 1.46 bits per heavy atom. The van der Waals surface area contributed by atoms with Crippen LogP contribution in [0, 0.1) is 18.6 Å². The Bertz CT molecular complexity index is 857. The molecule has 0 amide bonds. The van der Waals surface area contributed by atoms with Gasteiger partial charge in [-0.05, 0) is 36.3 Å². The van der Waals surface area contributed by atoms with Crippen molar-refractivity contribution in [3.63, 3.8) is 0 Å². The summed E-state index contributed by atoms with van der Waals surface area (Å²) in [5, 5.41) is 0. The maximum Gasteiger partial charge on any atom is 0.146 e. The summed E-state index contributed by atoms with van der Waals surface area (Å²) in [6, 6.07) is 11.5. The molecular formula is C22H22F3N. The number of hydrogen-bond acceptors (Lipinski definition) is 1. The van der Waals surface area contributed by atoms with Gasteiger partial charge in [0.05, 0.1) is 17.0 Å². The summed E-state index contributed by atoms with van der Waals surface area (Å²) < 4.78 is 43.3. The fourth-order valence-electron chi connectivity index (χ4n) is 2.82. The third-order valence-electron chi connectivity index (χ3n) is 4.05. The molecule has 0 fully saturated rings. The van der Waals surface area contributed by atoms with Crippen LogP contribution in [0.2, 0.25) is 0 Å². The SMILES string of the molecule is C=C1C(F)=CC(c2ccccc2)=C(c2c(F)cc(C)cc2F)N1C.CC. The predicted molar refractivity (Wildman–Crippen MR) is 102 cm³/mol. The summed E-state index contributed by atoms with van der Waals surface area (Å²) in [6.45, 7) is 9.28. The summed E-state index contributed by atoms with van der Waals surface area (Å²) >= 11 is 0. The molecule has 0 aliphatic carbocycles. The standard InChI is InChI=1S/C20H16F3N.C2H6/c1-12-9-17(22)19(18(23)10-12)20-15(14-7-5-4-6-8-14)11-16(21)13(2)24(20)3;1-2/h4-11H,2H2,1,3H3;1-2H3. The molecule has 1 aliphatic heterocycles. The minimum Gasteiger partial charge on any atom is -0.342 e. The first-order chi connectivity index (χ1) is 12.4. The lowest BCUT2D eigenvalue weighted by Crippen LogP contribution is -2.22. The molecule has 26 heavy (non-hydrogen) atoms. The lowest BCUT2D eigenvalue weighted by Gasteiger charge is -2.30. The van der Waals surface area contributed by atoms with Crippen LogP contribution < -0.4 is 0 Å². The van der Waals surface area contributed by atoms with E-state index in [2.05, 4.69) is 6.58 Å². The molecule has 0 spiro atoms. The molecule has 3 rings (SSSR count). The van der Waals surface area contributed by atoms with Crippen LogP contribution in [0.15, 0.2) is 66.6 Å². The van der Waals surface area contributed by atoms with Crippen LogP contribution in [0.5, 0.6) is 0 Å². The van der Waals surface area contributed by atoms with Crippen LogP contribution in [-0.2, 0) is 0 Å². The van der Waals surface area contributed by atoms with Crippen LogP contribution in [-0.4, -0.2) is 11.9 Å². The summed E-state index contributed by atoms with van der Waals surface area (Å²) in [5.74, 6) is -1.91. The summed E-state index contributed by atoms with van der Waals surface area (Å²) in [4.78, 5) is 1.38. The molecular weight excluding hydrogens is 335 g/mol. The average Bonchev–Trinajstić information content (AvgIpc) is 2.63. The quantitative estimate of drug-likeness (QED) is 0.594. The van der Waals surface area contributed by atoms with E-state index in [1.54, 1.807) is 38.2 Å². The highest BCUT2D eigenvalue weighted by Crippen LogP contribution is 2.40. The van der Waals surface area contributed by atoms with Crippen molar-refractivity contribution in [3.05, 3.63) is 95.0 Å². The number of hydrogen-bond donors (Lipinski definition) is 0. The summed E-state index contributed by atoms with van der Waals surface area (Å²) in [5.41, 5.74) is 1.68. The zero-order valence-electron chi connectivity index (χ0n) is 15.4. The average molecular weight is 357 g/mol. The number of nitrogens with zero attached hydrogens (tertiary/aromatic N) is 1. The van der Waals surface area contributed by atoms with Gasteiger partial charge < -0.3 is 4.90 Å². The van der Waals surface area contributed by atoms with Gasteiger partial charge in [-0.3, -0.25) is 0 Å². The molecule has 1 nitrogen and oxygen atoms in total. The number of likely N-dealkylation sites (N-methyl/N-ethyl adjacent to an activating group) is 1. The molecule has 0 N–H and O–H groups in total. The van der Waals surface area contributed by atoms with Gasteiger partial charge in [-0.2, -0.15) is 0 Å². The van der Waals surface area contributed by atoms with Gasteiger partial charge >= 0.3 is 0 Å². The first-order valence-corrected chi connectivity index (χ1v) is 8.46. The maximum absolute atomic E-state index is 14.5. The number of benzene rings is 2. The Morgan fingerprint density at radius 1 is 0.923 bits per heavy atom. The largest absolute Gasteiger partial charge is 0.342 e. The third kappa shape index (κ3) is 3.59. The minimum atomic E-state index is -0.689. The molecule has 0 aromatic heterocycles. The van der Waals surface area contributed by atoms with Gasteiger partial charge in [0.2, 0.25) is 0 Å². The Hall–Kier alpha value is -2.75. The van der Waals surface area contributed by atoms with Crippen LogP contribution >= 0.6 is 0 Å². The second-order valence-electron chi connectivity index (χ2n) is 5.73. The second kappa shape index (κ2) is 8.09. The van der Waals surface area contributed by atoms with E-state index in [1.807, 2.05) is 19.9 Å². The molecule has 0 bridgehead atoms. The molecule has 0 saturated heterocycles. The van der Waals surface area contributed by atoms with Gasteiger partial charge in [-0.15, -0.1) is 0 Å². The lowest BCUT2D eigenvalue weighted by atomic mass is 9.94. The molecule has 136 valence electrons. The van der Waals surface area contributed by atoms with E-state index in [0.717, 1.165) is 0 Å². The van der Waals surface area contributed by atoms with E-state index in [1.165, 1.54) is 23.1 Å². The van der Waals surface area contributed by atoms with E-state index in [-0.39, 0.29) is 17.0 Å². The van der Waals surface area contributed by atoms with Gasteiger partial charge in [0, 0.05) is 12.6 Å². The highest BCUT2D eigenvalue weighted by molar-refractivity contribution is 5.97. The molecule has 4 heteroatoms. The normalized spacial score (nSPS) is 14.0. The van der Waals surface area contributed by atoms with E-state index < -0.39 is 17.5 Å². The number of rotatable bonds is 2. The molecule has 1 aliphatic rings. The number of halogens is 3. The number of allylic oxidation sites excluding steroid dienone is 3. The first kappa shape index (κ1) is 19.6. The highest BCUT2D eigenvalue weighted by atomic mass is 19.1. The van der Waals surface area contributed by atoms with Gasteiger partial charge in [0.15, 0.2) is 0 Å². The van der Waals surface area contributed by atoms with Crippen LogP contribution in [0.3, 0.4) is 0 Å².